The molecule has 23 heavy (non-hydrogen) atoms. The molecule has 1 saturated heterocycles. The van der Waals surface area contributed by atoms with Crippen LogP contribution in [0.3, 0.4) is 0 Å². The van der Waals surface area contributed by atoms with Gasteiger partial charge in [-0.3, -0.25) is 0 Å². The maximum absolute atomic E-state index is 4.37. The highest BCUT2D eigenvalue weighted by Gasteiger charge is 2.21. The van der Waals surface area contributed by atoms with E-state index in [2.05, 4.69) is 38.8 Å². The van der Waals surface area contributed by atoms with Gasteiger partial charge in [-0.15, -0.1) is 10.2 Å². The van der Waals surface area contributed by atoms with Gasteiger partial charge in [-0.25, -0.2) is 0 Å². The Bertz CT molecular complexity index is 456. The van der Waals surface area contributed by atoms with Crippen LogP contribution in [0.4, 0.5) is 0 Å². The highest BCUT2D eigenvalue weighted by atomic mass is 15.3. The molecular weight excluding hydrogens is 286 g/mol. The van der Waals surface area contributed by atoms with Gasteiger partial charge in [0.2, 0.25) is 0 Å². The van der Waals surface area contributed by atoms with Crippen molar-refractivity contribution in [3.63, 3.8) is 0 Å². The molecule has 0 aromatic carbocycles. The Balaban J connectivity index is 1.45. The van der Waals surface area contributed by atoms with Gasteiger partial charge in [-0.2, -0.15) is 0 Å². The van der Waals surface area contributed by atoms with E-state index >= 15 is 0 Å². The minimum absolute atomic E-state index is 0.628. The van der Waals surface area contributed by atoms with Crippen molar-refractivity contribution in [3.05, 3.63) is 12.2 Å². The summed E-state index contributed by atoms with van der Waals surface area (Å²) in [6.45, 7) is 9.18. The van der Waals surface area contributed by atoms with Crippen molar-refractivity contribution >= 4 is 0 Å². The summed E-state index contributed by atoms with van der Waals surface area (Å²) in [6.07, 6.45) is 11.1. The first-order valence-corrected chi connectivity index (χ1v) is 9.56. The molecule has 0 amide bonds. The van der Waals surface area contributed by atoms with Crippen LogP contribution in [0.2, 0.25) is 0 Å². The summed E-state index contributed by atoms with van der Waals surface area (Å²) in [7, 11) is 0. The second-order valence-corrected chi connectivity index (χ2v) is 7.80. The molecule has 0 atom stereocenters. The first kappa shape index (κ1) is 16.9. The minimum Gasteiger partial charge on any atom is -0.313 e. The molecule has 0 bridgehead atoms. The second kappa shape index (κ2) is 8.25. The Morgan fingerprint density at radius 1 is 1.13 bits per heavy atom. The van der Waals surface area contributed by atoms with E-state index in [-0.39, 0.29) is 0 Å². The Kier molecular flexibility index (Phi) is 6.06. The van der Waals surface area contributed by atoms with Crippen LogP contribution < -0.4 is 5.32 Å². The van der Waals surface area contributed by atoms with E-state index in [1.54, 1.807) is 0 Å². The van der Waals surface area contributed by atoms with Crippen molar-refractivity contribution < 1.29 is 0 Å². The highest BCUT2D eigenvalue weighted by Crippen LogP contribution is 2.28. The highest BCUT2D eigenvalue weighted by molar-refractivity contribution is 4.91. The van der Waals surface area contributed by atoms with Gasteiger partial charge in [0.25, 0.3) is 0 Å². The van der Waals surface area contributed by atoms with Crippen molar-refractivity contribution in [2.45, 2.75) is 77.4 Å². The zero-order valence-electron chi connectivity index (χ0n) is 14.9. The summed E-state index contributed by atoms with van der Waals surface area (Å²) in [5.74, 6) is 1.90. The summed E-state index contributed by atoms with van der Waals surface area (Å²) in [5, 5.41) is 12.3. The second-order valence-electron chi connectivity index (χ2n) is 7.80. The van der Waals surface area contributed by atoms with Gasteiger partial charge >= 0.3 is 0 Å². The number of nitrogens with zero attached hydrogens (tertiary/aromatic N) is 4. The predicted molar refractivity (Wildman–Crippen MR) is 93.3 cm³/mol. The predicted octanol–water partition coefficient (Wildman–Crippen LogP) is 2.99. The van der Waals surface area contributed by atoms with Gasteiger partial charge in [0.15, 0.2) is 0 Å². The third-order valence-corrected chi connectivity index (χ3v) is 5.38. The molecule has 5 nitrogen and oxygen atoms in total. The largest absolute Gasteiger partial charge is 0.313 e. The standard InChI is InChI=1S/C18H33N5/c1-15(2)13-22-10-8-16(9-11-22)19-12-18-21-20-14-23(18)17-6-4-3-5-7-17/h14-17,19H,3-13H2,1-2H3. The summed E-state index contributed by atoms with van der Waals surface area (Å²) in [6, 6.07) is 1.26. The van der Waals surface area contributed by atoms with E-state index in [0.29, 0.717) is 12.1 Å². The fourth-order valence-corrected chi connectivity index (χ4v) is 4.13. The molecule has 1 N–H and O–H groups in total. The first-order chi connectivity index (χ1) is 11.2. The molecule has 5 heteroatoms. The van der Waals surface area contributed by atoms with Gasteiger partial charge in [-0.05, 0) is 44.7 Å². The summed E-state index contributed by atoms with van der Waals surface area (Å²) in [4.78, 5) is 2.60. The molecule has 1 aromatic heterocycles. The third kappa shape index (κ3) is 4.77. The van der Waals surface area contributed by atoms with Crippen LogP contribution in [-0.4, -0.2) is 45.3 Å². The maximum Gasteiger partial charge on any atom is 0.147 e. The Hall–Kier alpha value is -0.940. The zero-order chi connectivity index (χ0) is 16.1. The molecule has 3 rings (SSSR count). The molecule has 2 aliphatic rings. The topological polar surface area (TPSA) is 46.0 Å². The molecule has 0 radical (unpaired) electrons. The van der Waals surface area contributed by atoms with E-state index in [1.807, 2.05) is 6.33 Å². The van der Waals surface area contributed by atoms with Crippen molar-refractivity contribution in [2.24, 2.45) is 5.92 Å². The number of aromatic nitrogens is 3. The lowest BCUT2D eigenvalue weighted by molar-refractivity contribution is 0.178. The third-order valence-electron chi connectivity index (χ3n) is 5.38. The lowest BCUT2D eigenvalue weighted by Crippen LogP contribution is -2.43. The van der Waals surface area contributed by atoms with Crippen LogP contribution in [0.25, 0.3) is 0 Å². The Morgan fingerprint density at radius 3 is 2.57 bits per heavy atom. The summed E-state index contributed by atoms with van der Waals surface area (Å²) < 4.78 is 2.33. The van der Waals surface area contributed by atoms with Crippen LogP contribution in [0.5, 0.6) is 0 Å². The molecular formula is C18H33N5. The number of rotatable bonds is 6. The van der Waals surface area contributed by atoms with Gasteiger partial charge in [0, 0.05) is 18.6 Å². The monoisotopic (exact) mass is 319 g/mol. The normalized spacial score (nSPS) is 22.0. The van der Waals surface area contributed by atoms with E-state index in [0.717, 1.165) is 18.3 Å². The molecule has 2 heterocycles. The molecule has 1 aromatic rings. The lowest BCUT2D eigenvalue weighted by atomic mass is 9.95. The summed E-state index contributed by atoms with van der Waals surface area (Å²) >= 11 is 0. The summed E-state index contributed by atoms with van der Waals surface area (Å²) in [5.41, 5.74) is 0. The van der Waals surface area contributed by atoms with Crippen LogP contribution in [0.15, 0.2) is 6.33 Å². The first-order valence-electron chi connectivity index (χ1n) is 9.56. The molecule has 0 unspecified atom stereocenters. The van der Waals surface area contributed by atoms with E-state index < -0.39 is 0 Å². The van der Waals surface area contributed by atoms with Gasteiger partial charge in [0.1, 0.15) is 12.2 Å². The number of likely N-dealkylation sites (tertiary alicyclic amines) is 1. The zero-order valence-corrected chi connectivity index (χ0v) is 14.9. The Morgan fingerprint density at radius 2 is 1.87 bits per heavy atom. The van der Waals surface area contributed by atoms with Crippen LogP contribution in [0.1, 0.15) is 70.7 Å². The smallest absolute Gasteiger partial charge is 0.147 e. The molecule has 1 aliphatic heterocycles. The van der Waals surface area contributed by atoms with Crippen LogP contribution >= 0.6 is 0 Å². The molecule has 1 aliphatic carbocycles. The number of hydrogen-bond donors (Lipinski definition) is 1. The van der Waals surface area contributed by atoms with Crippen molar-refractivity contribution in [2.75, 3.05) is 19.6 Å². The van der Waals surface area contributed by atoms with Gasteiger partial charge in [-0.1, -0.05) is 33.1 Å². The van der Waals surface area contributed by atoms with Crippen molar-refractivity contribution in [1.82, 2.24) is 25.0 Å². The molecule has 2 fully saturated rings. The quantitative estimate of drug-likeness (QED) is 0.875. The lowest BCUT2D eigenvalue weighted by Gasteiger charge is -2.33. The van der Waals surface area contributed by atoms with E-state index in [1.165, 1.54) is 64.6 Å². The minimum atomic E-state index is 0.628. The number of piperidine rings is 1. The molecule has 1 saturated carbocycles. The van der Waals surface area contributed by atoms with Crippen molar-refractivity contribution in [3.8, 4) is 0 Å². The van der Waals surface area contributed by atoms with Crippen LogP contribution in [0, 0.1) is 5.92 Å². The van der Waals surface area contributed by atoms with E-state index in [4.69, 9.17) is 0 Å². The van der Waals surface area contributed by atoms with Gasteiger partial charge < -0.3 is 14.8 Å². The fraction of sp³-hybridized carbons (Fsp3) is 0.889. The van der Waals surface area contributed by atoms with Gasteiger partial charge in [0.05, 0.1) is 6.54 Å². The average Bonchev–Trinajstić information content (AvgIpc) is 3.03. The fourth-order valence-electron chi connectivity index (χ4n) is 4.13. The Labute approximate surface area is 140 Å². The number of nitrogens with one attached hydrogen (secondary N) is 1. The average molecular weight is 319 g/mol. The van der Waals surface area contributed by atoms with E-state index in [9.17, 15) is 0 Å². The molecule has 130 valence electrons. The van der Waals surface area contributed by atoms with Crippen molar-refractivity contribution in [1.29, 1.82) is 0 Å². The number of hydrogen-bond acceptors (Lipinski definition) is 4. The van der Waals surface area contributed by atoms with Crippen LogP contribution in [-0.2, 0) is 6.54 Å². The SMILES string of the molecule is CC(C)CN1CCC(NCc2nncn2C2CCCCC2)CC1. The maximum atomic E-state index is 4.37. The molecule has 0 spiro atoms.